The number of sulfonamides is 1. The summed E-state index contributed by atoms with van der Waals surface area (Å²) in [6.45, 7) is -0.0482. The summed E-state index contributed by atoms with van der Waals surface area (Å²) in [7, 11) is -2.76. The number of ether oxygens (including phenoxy) is 1. The van der Waals surface area contributed by atoms with Gasteiger partial charge in [0.1, 0.15) is 4.90 Å². The molecule has 0 aliphatic rings. The normalized spacial score (nSPS) is 11.1. The molecule has 0 aromatic heterocycles. The van der Waals surface area contributed by atoms with Gasteiger partial charge in [0.05, 0.1) is 17.7 Å². The van der Waals surface area contributed by atoms with Crippen LogP contribution in [0.25, 0.3) is 0 Å². The third kappa shape index (κ3) is 5.00. The van der Waals surface area contributed by atoms with E-state index in [9.17, 15) is 18.0 Å². The first kappa shape index (κ1) is 17.4. The Morgan fingerprint density at radius 3 is 2.62 bits per heavy atom. The highest BCUT2D eigenvalue weighted by Crippen LogP contribution is 2.23. The van der Waals surface area contributed by atoms with Gasteiger partial charge in [-0.2, -0.15) is 0 Å². The molecule has 0 radical (unpaired) electrons. The second-order valence-electron chi connectivity index (χ2n) is 4.03. The zero-order valence-electron chi connectivity index (χ0n) is 11.1. The van der Waals surface area contributed by atoms with Crippen LogP contribution in [0.15, 0.2) is 23.1 Å². The largest absolute Gasteiger partial charge is 0.481 e. The number of carbonyl (C=O) groups excluding carboxylic acids is 1. The molecule has 0 bridgehead atoms. The van der Waals surface area contributed by atoms with Crippen molar-refractivity contribution in [1.29, 1.82) is 0 Å². The topological polar surface area (TPSA) is 110 Å². The van der Waals surface area contributed by atoms with Gasteiger partial charge in [0.25, 0.3) is 0 Å². The van der Waals surface area contributed by atoms with E-state index < -0.39 is 22.0 Å². The molecule has 1 aromatic rings. The van der Waals surface area contributed by atoms with Crippen LogP contribution >= 0.6 is 11.6 Å². The summed E-state index contributed by atoms with van der Waals surface area (Å²) in [6.07, 6.45) is -0.0126. The Kier molecular flexibility index (Phi) is 6.13. The highest BCUT2D eigenvalue weighted by molar-refractivity contribution is 7.89. The van der Waals surface area contributed by atoms with Gasteiger partial charge in [0, 0.05) is 13.0 Å². The number of halogens is 1. The molecule has 1 rings (SSSR count). The molecule has 0 saturated carbocycles. The Bertz CT molecular complexity index is 643. The molecule has 2 N–H and O–H groups in total. The van der Waals surface area contributed by atoms with Crippen molar-refractivity contribution in [2.45, 2.75) is 17.7 Å². The van der Waals surface area contributed by atoms with Crippen LogP contribution in [0.5, 0.6) is 0 Å². The fourth-order valence-electron chi connectivity index (χ4n) is 1.48. The minimum Gasteiger partial charge on any atom is -0.481 e. The predicted molar refractivity (Wildman–Crippen MR) is 74.8 cm³/mol. The van der Waals surface area contributed by atoms with Gasteiger partial charge in [-0.3, -0.25) is 4.79 Å². The summed E-state index contributed by atoms with van der Waals surface area (Å²) in [6, 6.07) is 3.73. The summed E-state index contributed by atoms with van der Waals surface area (Å²) in [5.74, 6) is -1.70. The van der Waals surface area contributed by atoms with E-state index in [2.05, 4.69) is 9.46 Å². The Labute approximate surface area is 126 Å². The van der Waals surface area contributed by atoms with E-state index >= 15 is 0 Å². The second kappa shape index (κ2) is 7.39. The van der Waals surface area contributed by atoms with Gasteiger partial charge >= 0.3 is 11.9 Å². The molecule has 0 spiro atoms. The van der Waals surface area contributed by atoms with Crippen molar-refractivity contribution in [1.82, 2.24) is 4.72 Å². The number of carbonyl (C=O) groups is 2. The van der Waals surface area contributed by atoms with Crippen LogP contribution in [-0.4, -0.2) is 39.1 Å². The average Bonchev–Trinajstić information content (AvgIpc) is 2.43. The fourth-order valence-corrected chi connectivity index (χ4v) is 3.08. The molecule has 1 aromatic carbocycles. The molecule has 0 fully saturated rings. The quantitative estimate of drug-likeness (QED) is 0.573. The standard InChI is InChI=1S/C12H14ClNO6S/c1-20-12(17)8-4-5-9(13)10(7-8)21(18,19)14-6-2-3-11(15)16/h4-5,7,14H,2-3,6H2,1H3,(H,15,16). The van der Waals surface area contributed by atoms with Gasteiger partial charge in [-0.25, -0.2) is 17.9 Å². The molecule has 9 heteroatoms. The van der Waals surface area contributed by atoms with E-state index in [1.807, 2.05) is 0 Å². The van der Waals surface area contributed by atoms with Crippen molar-refractivity contribution in [3.63, 3.8) is 0 Å². The van der Waals surface area contributed by atoms with Gasteiger partial charge in [-0.1, -0.05) is 11.6 Å². The van der Waals surface area contributed by atoms with Gasteiger partial charge in [-0.15, -0.1) is 0 Å². The number of rotatable bonds is 7. The van der Waals surface area contributed by atoms with Gasteiger partial charge in [0.15, 0.2) is 0 Å². The van der Waals surface area contributed by atoms with Crippen LogP contribution in [-0.2, 0) is 19.6 Å². The van der Waals surface area contributed by atoms with Gasteiger partial charge in [0.2, 0.25) is 10.0 Å². The Morgan fingerprint density at radius 2 is 2.05 bits per heavy atom. The van der Waals surface area contributed by atoms with Crippen LogP contribution in [0.1, 0.15) is 23.2 Å². The smallest absolute Gasteiger partial charge is 0.337 e. The molecule has 0 atom stereocenters. The number of carboxylic acids is 1. The summed E-state index contributed by atoms with van der Waals surface area (Å²) in [5, 5.41) is 8.43. The summed E-state index contributed by atoms with van der Waals surface area (Å²) >= 11 is 5.83. The Morgan fingerprint density at radius 1 is 1.38 bits per heavy atom. The number of hydrogen-bond donors (Lipinski definition) is 2. The van der Waals surface area contributed by atoms with Crippen LogP contribution < -0.4 is 4.72 Å². The van der Waals surface area contributed by atoms with Crippen molar-refractivity contribution in [3.8, 4) is 0 Å². The van der Waals surface area contributed by atoms with Crippen molar-refractivity contribution < 1.29 is 27.9 Å². The Balaban J connectivity index is 2.91. The second-order valence-corrected chi connectivity index (χ2v) is 6.17. The third-order valence-electron chi connectivity index (χ3n) is 2.50. The maximum atomic E-state index is 12.1. The molecular formula is C12H14ClNO6S. The number of carboxylic acid groups (broad SMARTS) is 1. The monoisotopic (exact) mass is 335 g/mol. The number of esters is 1. The maximum Gasteiger partial charge on any atom is 0.337 e. The average molecular weight is 336 g/mol. The third-order valence-corrected chi connectivity index (χ3v) is 4.44. The lowest BCUT2D eigenvalue weighted by molar-refractivity contribution is -0.137. The van der Waals surface area contributed by atoms with Crippen LogP contribution in [0.4, 0.5) is 0 Å². The number of hydrogen-bond acceptors (Lipinski definition) is 5. The lowest BCUT2D eigenvalue weighted by atomic mass is 10.2. The van der Waals surface area contributed by atoms with Crippen LogP contribution in [0, 0.1) is 0 Å². The molecular weight excluding hydrogens is 322 g/mol. The molecule has 0 saturated heterocycles. The molecule has 7 nitrogen and oxygen atoms in total. The highest BCUT2D eigenvalue weighted by Gasteiger charge is 2.20. The molecule has 0 aliphatic heterocycles. The summed E-state index contributed by atoms with van der Waals surface area (Å²) < 4.78 is 30.9. The van der Waals surface area contributed by atoms with E-state index in [4.69, 9.17) is 16.7 Å². The maximum absolute atomic E-state index is 12.1. The Hall–Kier alpha value is -1.64. The molecule has 21 heavy (non-hydrogen) atoms. The molecule has 116 valence electrons. The number of aliphatic carboxylic acids is 1. The number of nitrogens with one attached hydrogen (secondary N) is 1. The van der Waals surface area contributed by atoms with Crippen molar-refractivity contribution >= 4 is 33.6 Å². The molecule has 0 heterocycles. The van der Waals surface area contributed by atoms with E-state index in [1.54, 1.807) is 0 Å². The fraction of sp³-hybridized carbons (Fsp3) is 0.333. The first-order valence-electron chi connectivity index (χ1n) is 5.87. The molecule has 0 amide bonds. The van der Waals surface area contributed by atoms with E-state index in [0.717, 1.165) is 6.07 Å². The van der Waals surface area contributed by atoms with E-state index in [0.29, 0.717) is 0 Å². The van der Waals surface area contributed by atoms with Gasteiger partial charge < -0.3 is 9.84 Å². The van der Waals surface area contributed by atoms with Crippen molar-refractivity contribution in [2.75, 3.05) is 13.7 Å². The van der Waals surface area contributed by atoms with Gasteiger partial charge in [-0.05, 0) is 24.6 Å². The first-order valence-corrected chi connectivity index (χ1v) is 7.73. The van der Waals surface area contributed by atoms with E-state index in [1.165, 1.54) is 19.2 Å². The lowest BCUT2D eigenvalue weighted by Crippen LogP contribution is -2.25. The SMILES string of the molecule is COC(=O)c1ccc(Cl)c(S(=O)(=O)NCCCC(=O)O)c1. The van der Waals surface area contributed by atoms with Crippen molar-refractivity contribution in [2.24, 2.45) is 0 Å². The molecule has 0 aliphatic carbocycles. The zero-order valence-corrected chi connectivity index (χ0v) is 12.7. The molecule has 0 unspecified atom stereocenters. The first-order chi connectivity index (χ1) is 9.77. The minimum atomic E-state index is -3.94. The summed E-state index contributed by atoms with van der Waals surface area (Å²) in [4.78, 5) is 21.5. The lowest BCUT2D eigenvalue weighted by Gasteiger charge is -2.09. The zero-order chi connectivity index (χ0) is 16.0. The minimum absolute atomic E-state index is 0.0478. The summed E-state index contributed by atoms with van der Waals surface area (Å²) in [5.41, 5.74) is 0.0489. The van der Waals surface area contributed by atoms with Crippen LogP contribution in [0.3, 0.4) is 0 Å². The predicted octanol–water partition coefficient (Wildman–Crippen LogP) is 1.27. The van der Waals surface area contributed by atoms with Crippen molar-refractivity contribution in [3.05, 3.63) is 28.8 Å². The van der Waals surface area contributed by atoms with Crippen LogP contribution in [0.2, 0.25) is 5.02 Å². The number of methoxy groups -OCH3 is 1. The highest BCUT2D eigenvalue weighted by atomic mass is 35.5. The van der Waals surface area contributed by atoms with E-state index in [-0.39, 0.29) is 34.9 Å². The number of benzene rings is 1.